The zero-order valence-corrected chi connectivity index (χ0v) is 16.0. The molecule has 1 atom stereocenters. The standard InChI is InChI=1S/C13H23N5OS.HI/c1-4-11-9-18(6-7-20-11)13(14-5-2)15-8-12-16-10(3)19-17-12;/h11H,4-9H2,1-3H3,(H,14,15);1H. The van der Waals surface area contributed by atoms with Crippen molar-refractivity contribution in [1.29, 1.82) is 0 Å². The van der Waals surface area contributed by atoms with Gasteiger partial charge in [-0.15, -0.1) is 24.0 Å². The molecule has 0 spiro atoms. The number of thioether (sulfide) groups is 1. The number of aryl methyl sites for hydroxylation is 1. The van der Waals surface area contributed by atoms with E-state index in [1.54, 1.807) is 6.92 Å². The maximum absolute atomic E-state index is 4.97. The van der Waals surface area contributed by atoms with Crippen LogP contribution in [0.25, 0.3) is 0 Å². The van der Waals surface area contributed by atoms with Crippen LogP contribution in [-0.4, -0.2) is 51.6 Å². The summed E-state index contributed by atoms with van der Waals surface area (Å²) in [4.78, 5) is 11.1. The molecule has 2 heterocycles. The fraction of sp³-hybridized carbons (Fsp3) is 0.769. The molecule has 1 saturated heterocycles. The minimum absolute atomic E-state index is 0. The van der Waals surface area contributed by atoms with Crippen molar-refractivity contribution in [2.45, 2.75) is 39.0 Å². The molecule has 0 aliphatic carbocycles. The fourth-order valence-corrected chi connectivity index (χ4v) is 3.32. The molecule has 21 heavy (non-hydrogen) atoms. The Hall–Kier alpha value is -0.510. The lowest BCUT2D eigenvalue weighted by Gasteiger charge is -2.34. The molecule has 1 aliphatic heterocycles. The van der Waals surface area contributed by atoms with Gasteiger partial charge in [-0.25, -0.2) is 4.99 Å². The Bertz CT molecular complexity index is 454. The van der Waals surface area contributed by atoms with Gasteiger partial charge in [-0.1, -0.05) is 12.1 Å². The molecule has 0 bridgehead atoms. The number of aliphatic imine (C=N–C) groups is 1. The largest absolute Gasteiger partial charge is 0.357 e. The first kappa shape index (κ1) is 18.5. The molecule has 6 nitrogen and oxygen atoms in total. The summed E-state index contributed by atoms with van der Waals surface area (Å²) < 4.78 is 4.97. The first-order chi connectivity index (χ1) is 9.72. The fourth-order valence-electron chi connectivity index (χ4n) is 2.14. The predicted molar refractivity (Wildman–Crippen MR) is 97.4 cm³/mol. The first-order valence-electron chi connectivity index (χ1n) is 7.17. The van der Waals surface area contributed by atoms with Crippen LogP contribution in [0.2, 0.25) is 0 Å². The van der Waals surface area contributed by atoms with Crippen LogP contribution in [-0.2, 0) is 6.54 Å². The SMILES string of the molecule is CCNC(=NCc1noc(C)n1)N1CCSC(CC)C1.I. The monoisotopic (exact) mass is 425 g/mol. The lowest BCUT2D eigenvalue weighted by molar-refractivity contribution is 0.386. The third-order valence-electron chi connectivity index (χ3n) is 3.17. The molecule has 1 N–H and O–H groups in total. The van der Waals surface area contributed by atoms with Gasteiger partial charge in [-0.05, 0) is 13.3 Å². The van der Waals surface area contributed by atoms with Crippen LogP contribution in [0.15, 0.2) is 9.52 Å². The average Bonchev–Trinajstić information content (AvgIpc) is 2.89. The summed E-state index contributed by atoms with van der Waals surface area (Å²) in [5.74, 6) is 3.33. The highest BCUT2D eigenvalue weighted by atomic mass is 127. The number of nitrogens with zero attached hydrogens (tertiary/aromatic N) is 4. The summed E-state index contributed by atoms with van der Waals surface area (Å²) in [7, 11) is 0. The van der Waals surface area contributed by atoms with Gasteiger partial charge in [0.2, 0.25) is 5.89 Å². The van der Waals surface area contributed by atoms with Crippen molar-refractivity contribution < 1.29 is 4.52 Å². The molecule has 8 heteroatoms. The Balaban J connectivity index is 0.00000220. The average molecular weight is 425 g/mol. The van der Waals surface area contributed by atoms with Gasteiger partial charge in [0.05, 0.1) is 0 Å². The molecule has 120 valence electrons. The van der Waals surface area contributed by atoms with Crippen LogP contribution in [0, 0.1) is 6.92 Å². The Morgan fingerprint density at radius 3 is 2.95 bits per heavy atom. The summed E-state index contributed by atoms with van der Waals surface area (Å²) >= 11 is 2.06. The van der Waals surface area contributed by atoms with E-state index in [-0.39, 0.29) is 24.0 Å². The van der Waals surface area contributed by atoms with Gasteiger partial charge in [0.1, 0.15) is 6.54 Å². The summed E-state index contributed by atoms with van der Waals surface area (Å²) in [6, 6.07) is 0. The second kappa shape index (κ2) is 9.50. The lowest BCUT2D eigenvalue weighted by Crippen LogP contribution is -2.48. The quantitative estimate of drug-likeness (QED) is 0.454. The molecular weight excluding hydrogens is 401 g/mol. The minimum Gasteiger partial charge on any atom is -0.357 e. The van der Waals surface area contributed by atoms with Crippen molar-refractivity contribution in [3.63, 3.8) is 0 Å². The van der Waals surface area contributed by atoms with Crippen molar-refractivity contribution in [2.24, 2.45) is 4.99 Å². The van der Waals surface area contributed by atoms with Crippen LogP contribution < -0.4 is 5.32 Å². The van der Waals surface area contributed by atoms with Crippen molar-refractivity contribution in [3.05, 3.63) is 11.7 Å². The number of rotatable bonds is 4. The van der Waals surface area contributed by atoms with E-state index in [2.05, 4.69) is 51.0 Å². The number of guanidine groups is 1. The van der Waals surface area contributed by atoms with Gasteiger partial charge in [0.25, 0.3) is 0 Å². The Morgan fingerprint density at radius 1 is 1.52 bits per heavy atom. The molecule has 0 amide bonds. The van der Waals surface area contributed by atoms with Crippen molar-refractivity contribution in [2.75, 3.05) is 25.4 Å². The zero-order valence-electron chi connectivity index (χ0n) is 12.8. The smallest absolute Gasteiger partial charge is 0.223 e. The number of aromatic nitrogens is 2. The number of nitrogens with one attached hydrogen (secondary N) is 1. The van der Waals surface area contributed by atoms with Gasteiger partial charge in [0.15, 0.2) is 11.8 Å². The minimum atomic E-state index is 0. The van der Waals surface area contributed by atoms with E-state index < -0.39 is 0 Å². The Morgan fingerprint density at radius 2 is 2.33 bits per heavy atom. The van der Waals surface area contributed by atoms with Gasteiger partial charge < -0.3 is 14.7 Å². The van der Waals surface area contributed by atoms with E-state index in [0.29, 0.717) is 23.5 Å². The van der Waals surface area contributed by atoms with Crippen LogP contribution in [0.3, 0.4) is 0 Å². The molecule has 0 radical (unpaired) electrons. The van der Waals surface area contributed by atoms with Gasteiger partial charge >= 0.3 is 0 Å². The normalized spacial score (nSPS) is 19.3. The first-order valence-corrected chi connectivity index (χ1v) is 8.21. The van der Waals surface area contributed by atoms with Gasteiger partial charge in [0, 0.05) is 37.6 Å². The Labute approximate surface area is 147 Å². The molecule has 1 aromatic heterocycles. The van der Waals surface area contributed by atoms with Gasteiger partial charge in [-0.2, -0.15) is 16.7 Å². The van der Waals surface area contributed by atoms with Crippen LogP contribution in [0.4, 0.5) is 0 Å². The summed E-state index contributed by atoms with van der Waals surface area (Å²) in [6.07, 6.45) is 1.20. The van der Waals surface area contributed by atoms with E-state index in [0.717, 1.165) is 31.3 Å². The van der Waals surface area contributed by atoms with Crippen molar-refractivity contribution in [3.8, 4) is 0 Å². The van der Waals surface area contributed by atoms with Crippen LogP contribution in [0.1, 0.15) is 32.0 Å². The Kier molecular flexibility index (Phi) is 8.38. The number of hydrogen-bond donors (Lipinski definition) is 1. The van der Waals surface area contributed by atoms with Crippen molar-refractivity contribution in [1.82, 2.24) is 20.4 Å². The topological polar surface area (TPSA) is 66.5 Å². The predicted octanol–water partition coefficient (Wildman–Crippen LogP) is 2.29. The summed E-state index contributed by atoms with van der Waals surface area (Å²) in [5.41, 5.74) is 0. The molecule has 0 saturated carbocycles. The van der Waals surface area contributed by atoms with Crippen LogP contribution >= 0.6 is 35.7 Å². The van der Waals surface area contributed by atoms with Gasteiger partial charge in [-0.3, -0.25) is 0 Å². The van der Waals surface area contributed by atoms with Crippen molar-refractivity contribution >= 4 is 41.7 Å². The third-order valence-corrected chi connectivity index (χ3v) is 4.54. The highest BCUT2D eigenvalue weighted by Crippen LogP contribution is 2.21. The summed E-state index contributed by atoms with van der Waals surface area (Å²) in [6.45, 7) is 9.54. The molecule has 2 rings (SSSR count). The lowest BCUT2D eigenvalue weighted by atomic mass is 10.3. The molecule has 1 aromatic rings. The van der Waals surface area contributed by atoms with E-state index >= 15 is 0 Å². The zero-order chi connectivity index (χ0) is 14.4. The second-order valence-corrected chi connectivity index (χ2v) is 6.16. The molecule has 1 unspecified atom stereocenters. The third kappa shape index (κ3) is 5.65. The van der Waals surface area contributed by atoms with E-state index in [9.17, 15) is 0 Å². The maximum atomic E-state index is 4.97. The van der Waals surface area contributed by atoms with Crippen LogP contribution in [0.5, 0.6) is 0 Å². The number of halogens is 1. The van der Waals surface area contributed by atoms with E-state index in [4.69, 9.17) is 4.52 Å². The highest BCUT2D eigenvalue weighted by molar-refractivity contribution is 14.0. The van der Waals surface area contributed by atoms with E-state index in [1.807, 2.05) is 0 Å². The molecule has 1 fully saturated rings. The van der Waals surface area contributed by atoms with E-state index in [1.165, 1.54) is 6.42 Å². The maximum Gasteiger partial charge on any atom is 0.223 e. The number of hydrogen-bond acceptors (Lipinski definition) is 5. The molecular formula is C13H24IN5OS. The molecule has 0 aromatic carbocycles. The molecule has 1 aliphatic rings. The highest BCUT2D eigenvalue weighted by Gasteiger charge is 2.21. The second-order valence-electron chi connectivity index (χ2n) is 4.75. The summed E-state index contributed by atoms with van der Waals surface area (Å²) in [5, 5.41) is 7.93.